The number of phenolic OH excluding ortho intramolecular Hbond substituents is 1. The van der Waals surface area contributed by atoms with Crippen LogP contribution in [0.4, 0.5) is 0 Å². The molecule has 0 saturated heterocycles. The van der Waals surface area contributed by atoms with Crippen molar-refractivity contribution in [2.45, 2.75) is 12.5 Å². The number of hydrogen-bond donors (Lipinski definition) is 2. The number of rotatable bonds is 1. The highest BCUT2D eigenvalue weighted by Crippen LogP contribution is 2.30. The van der Waals surface area contributed by atoms with Crippen molar-refractivity contribution in [1.29, 1.82) is 5.26 Å². The van der Waals surface area contributed by atoms with E-state index in [2.05, 4.69) is 11.4 Å². The number of nitrogens with zero attached hydrogens (tertiary/aromatic N) is 1. The zero-order valence-electron chi connectivity index (χ0n) is 10.4. The van der Waals surface area contributed by atoms with Crippen molar-refractivity contribution in [2.24, 2.45) is 0 Å². The molecule has 0 radical (unpaired) electrons. The van der Waals surface area contributed by atoms with Crippen molar-refractivity contribution in [2.75, 3.05) is 6.54 Å². The summed E-state index contributed by atoms with van der Waals surface area (Å²) in [4.78, 5) is 0. The molecule has 94 valence electrons. The van der Waals surface area contributed by atoms with Gasteiger partial charge in [-0.1, -0.05) is 18.2 Å². The first-order chi connectivity index (χ1) is 9.28. The van der Waals surface area contributed by atoms with E-state index in [0.29, 0.717) is 11.3 Å². The van der Waals surface area contributed by atoms with Gasteiger partial charge in [-0.15, -0.1) is 0 Å². The van der Waals surface area contributed by atoms with Gasteiger partial charge in [-0.05, 0) is 47.4 Å². The van der Waals surface area contributed by atoms with Gasteiger partial charge >= 0.3 is 0 Å². The molecule has 3 rings (SSSR count). The van der Waals surface area contributed by atoms with Crippen LogP contribution in [0.25, 0.3) is 0 Å². The number of nitrogens with one attached hydrogen (secondary N) is 1. The average molecular weight is 250 g/mol. The van der Waals surface area contributed by atoms with Gasteiger partial charge in [0.15, 0.2) is 0 Å². The lowest BCUT2D eigenvalue weighted by Crippen LogP contribution is -2.30. The molecule has 0 amide bonds. The van der Waals surface area contributed by atoms with Crippen molar-refractivity contribution < 1.29 is 5.11 Å². The highest BCUT2D eigenvalue weighted by atomic mass is 16.3. The first-order valence-electron chi connectivity index (χ1n) is 6.33. The number of hydrogen-bond acceptors (Lipinski definition) is 3. The molecular weight excluding hydrogens is 236 g/mol. The van der Waals surface area contributed by atoms with Gasteiger partial charge in [0.05, 0.1) is 17.7 Å². The number of fused-ring (bicyclic) bond motifs is 1. The van der Waals surface area contributed by atoms with Gasteiger partial charge in [0.1, 0.15) is 5.75 Å². The Kier molecular flexibility index (Phi) is 2.94. The summed E-state index contributed by atoms with van der Waals surface area (Å²) < 4.78 is 0. The van der Waals surface area contributed by atoms with Crippen LogP contribution in [0.2, 0.25) is 0 Å². The van der Waals surface area contributed by atoms with Crippen LogP contribution in [0.5, 0.6) is 5.75 Å². The molecular formula is C16H14N2O. The molecule has 0 fully saturated rings. The Balaban J connectivity index is 2.01. The second kappa shape index (κ2) is 4.75. The smallest absolute Gasteiger partial charge is 0.115 e. The molecule has 19 heavy (non-hydrogen) atoms. The minimum Gasteiger partial charge on any atom is -0.508 e. The van der Waals surface area contributed by atoms with E-state index in [4.69, 9.17) is 5.26 Å². The second-order valence-electron chi connectivity index (χ2n) is 4.75. The number of benzene rings is 2. The molecule has 0 aromatic heterocycles. The van der Waals surface area contributed by atoms with Gasteiger partial charge in [-0.2, -0.15) is 5.26 Å². The molecule has 0 spiro atoms. The Bertz CT molecular complexity index is 641. The molecule has 1 heterocycles. The predicted molar refractivity (Wildman–Crippen MR) is 72.8 cm³/mol. The lowest BCUT2D eigenvalue weighted by Gasteiger charge is -2.27. The van der Waals surface area contributed by atoms with Gasteiger partial charge in [0, 0.05) is 6.54 Å². The van der Waals surface area contributed by atoms with Crippen molar-refractivity contribution in [3.05, 3.63) is 64.7 Å². The summed E-state index contributed by atoms with van der Waals surface area (Å²) in [5.41, 5.74) is 4.21. The molecule has 1 aliphatic rings. The quantitative estimate of drug-likeness (QED) is 0.817. The molecule has 0 aliphatic carbocycles. The highest BCUT2D eigenvalue weighted by Gasteiger charge is 2.21. The van der Waals surface area contributed by atoms with Crippen LogP contribution in [0.15, 0.2) is 42.5 Å². The molecule has 0 bridgehead atoms. The Morgan fingerprint density at radius 1 is 1.16 bits per heavy atom. The summed E-state index contributed by atoms with van der Waals surface area (Å²) in [6.07, 6.45) is 0.927. The zero-order valence-corrected chi connectivity index (χ0v) is 10.4. The standard InChI is InChI=1S/C16H14N2O/c17-10-11-1-3-12(4-2-11)16-15-6-5-14(19)9-13(15)7-8-18-16/h1-6,9,16,18-19H,7-8H2. The molecule has 3 nitrogen and oxygen atoms in total. The third kappa shape index (κ3) is 2.18. The summed E-state index contributed by atoms with van der Waals surface area (Å²) >= 11 is 0. The maximum atomic E-state index is 9.56. The topological polar surface area (TPSA) is 56.0 Å². The van der Waals surface area contributed by atoms with E-state index in [0.717, 1.165) is 18.5 Å². The van der Waals surface area contributed by atoms with Crippen LogP contribution >= 0.6 is 0 Å². The van der Waals surface area contributed by atoms with E-state index < -0.39 is 0 Å². The van der Waals surface area contributed by atoms with Gasteiger partial charge in [-0.3, -0.25) is 0 Å². The fourth-order valence-corrected chi connectivity index (χ4v) is 2.60. The molecule has 0 saturated carbocycles. The third-order valence-electron chi connectivity index (χ3n) is 3.55. The predicted octanol–water partition coefficient (Wildman–Crippen LogP) is 2.50. The summed E-state index contributed by atoms with van der Waals surface area (Å²) in [5, 5.41) is 21.9. The lowest BCUT2D eigenvalue weighted by atomic mass is 9.89. The first-order valence-corrected chi connectivity index (χ1v) is 6.33. The molecule has 3 heteroatoms. The summed E-state index contributed by atoms with van der Waals surface area (Å²) in [6.45, 7) is 0.890. The Morgan fingerprint density at radius 2 is 1.95 bits per heavy atom. The van der Waals surface area contributed by atoms with Crippen LogP contribution in [-0.2, 0) is 6.42 Å². The van der Waals surface area contributed by atoms with Gasteiger partial charge in [0.25, 0.3) is 0 Å². The van der Waals surface area contributed by atoms with Crippen LogP contribution in [0, 0.1) is 11.3 Å². The first kappa shape index (κ1) is 11.8. The van der Waals surface area contributed by atoms with Crippen molar-refractivity contribution >= 4 is 0 Å². The number of phenols is 1. The van der Waals surface area contributed by atoms with Crippen LogP contribution < -0.4 is 5.32 Å². The number of nitriles is 1. The number of aromatic hydroxyl groups is 1. The van der Waals surface area contributed by atoms with E-state index in [-0.39, 0.29) is 6.04 Å². The molecule has 2 N–H and O–H groups in total. The fourth-order valence-electron chi connectivity index (χ4n) is 2.60. The molecule has 2 aromatic carbocycles. The molecule has 1 atom stereocenters. The minimum absolute atomic E-state index is 0.136. The largest absolute Gasteiger partial charge is 0.508 e. The normalized spacial score (nSPS) is 17.5. The summed E-state index contributed by atoms with van der Waals surface area (Å²) in [5.74, 6) is 0.319. The zero-order chi connectivity index (χ0) is 13.2. The fraction of sp³-hybridized carbons (Fsp3) is 0.188. The Labute approximate surface area is 112 Å². The maximum Gasteiger partial charge on any atom is 0.115 e. The monoisotopic (exact) mass is 250 g/mol. The Hall–Kier alpha value is -2.31. The third-order valence-corrected chi connectivity index (χ3v) is 3.55. The van der Waals surface area contributed by atoms with Gasteiger partial charge < -0.3 is 10.4 Å². The van der Waals surface area contributed by atoms with Crippen LogP contribution in [0.3, 0.4) is 0 Å². The van der Waals surface area contributed by atoms with Gasteiger partial charge in [0.2, 0.25) is 0 Å². The summed E-state index contributed by atoms with van der Waals surface area (Å²) in [6, 6.07) is 15.4. The maximum absolute atomic E-state index is 9.56. The van der Waals surface area contributed by atoms with Gasteiger partial charge in [-0.25, -0.2) is 0 Å². The van der Waals surface area contributed by atoms with E-state index >= 15 is 0 Å². The second-order valence-corrected chi connectivity index (χ2v) is 4.75. The van der Waals surface area contributed by atoms with E-state index in [9.17, 15) is 5.11 Å². The van der Waals surface area contributed by atoms with Crippen molar-refractivity contribution in [3.8, 4) is 11.8 Å². The molecule has 2 aromatic rings. The van der Waals surface area contributed by atoms with Crippen LogP contribution in [-0.4, -0.2) is 11.7 Å². The Morgan fingerprint density at radius 3 is 2.68 bits per heavy atom. The van der Waals surface area contributed by atoms with E-state index in [1.807, 2.05) is 36.4 Å². The lowest BCUT2D eigenvalue weighted by molar-refractivity contribution is 0.471. The summed E-state index contributed by atoms with van der Waals surface area (Å²) in [7, 11) is 0. The van der Waals surface area contributed by atoms with E-state index in [1.54, 1.807) is 6.07 Å². The molecule has 1 aliphatic heterocycles. The highest BCUT2D eigenvalue weighted by molar-refractivity contribution is 5.44. The van der Waals surface area contributed by atoms with Crippen molar-refractivity contribution in [1.82, 2.24) is 5.32 Å². The molecule has 1 unspecified atom stereocenters. The van der Waals surface area contributed by atoms with E-state index in [1.165, 1.54) is 11.1 Å². The van der Waals surface area contributed by atoms with Crippen LogP contribution in [0.1, 0.15) is 28.3 Å². The average Bonchev–Trinajstić information content (AvgIpc) is 2.46. The minimum atomic E-state index is 0.136. The van der Waals surface area contributed by atoms with Crippen molar-refractivity contribution in [3.63, 3.8) is 0 Å². The SMILES string of the molecule is N#Cc1ccc(C2NCCc3cc(O)ccc32)cc1.